The zero-order chi connectivity index (χ0) is 7.11. The lowest BCUT2D eigenvalue weighted by Gasteiger charge is -1.82. The standard InChI is InChI=1S/C6H6O.H2S2/c7-6-4-2-1-3-5-6;1-2/h1-5,7H;1-2H. The number of rotatable bonds is 0. The van der Waals surface area contributed by atoms with E-state index in [2.05, 4.69) is 23.3 Å². The average Bonchev–Trinajstić information content (AvgIpc) is 1.94. The molecule has 1 aromatic carbocycles. The van der Waals surface area contributed by atoms with Gasteiger partial charge >= 0.3 is 0 Å². The van der Waals surface area contributed by atoms with Crippen molar-refractivity contribution < 1.29 is 5.11 Å². The molecule has 0 fully saturated rings. The molecule has 0 amide bonds. The SMILES string of the molecule is Oc1ccccc1.SS. The van der Waals surface area contributed by atoms with E-state index >= 15 is 0 Å². The van der Waals surface area contributed by atoms with Crippen molar-refractivity contribution >= 4 is 23.3 Å². The van der Waals surface area contributed by atoms with Gasteiger partial charge in [0.2, 0.25) is 0 Å². The second-order valence-corrected chi connectivity index (χ2v) is 1.34. The molecular weight excluding hydrogens is 152 g/mol. The molecule has 9 heavy (non-hydrogen) atoms. The molecule has 50 valence electrons. The first-order valence-corrected chi connectivity index (χ1v) is 3.93. The Hall–Kier alpha value is -0.280. The molecule has 0 saturated heterocycles. The molecule has 0 spiro atoms. The Morgan fingerprint density at radius 3 is 1.67 bits per heavy atom. The fraction of sp³-hybridized carbons (Fsp3) is 0. The van der Waals surface area contributed by atoms with Gasteiger partial charge in [-0.1, -0.05) is 18.2 Å². The van der Waals surface area contributed by atoms with Gasteiger partial charge in [-0.05, 0) is 12.1 Å². The van der Waals surface area contributed by atoms with Crippen LogP contribution in [0.4, 0.5) is 0 Å². The lowest BCUT2D eigenvalue weighted by atomic mass is 10.3. The maximum Gasteiger partial charge on any atom is 0.115 e. The van der Waals surface area contributed by atoms with Gasteiger partial charge in [-0.3, -0.25) is 0 Å². The normalized spacial score (nSPS) is 7.33. The molecule has 0 saturated carbocycles. The highest BCUT2D eigenvalue weighted by Crippen LogP contribution is 2.02. The Morgan fingerprint density at radius 1 is 1.00 bits per heavy atom. The van der Waals surface area contributed by atoms with Gasteiger partial charge < -0.3 is 5.11 Å². The van der Waals surface area contributed by atoms with Gasteiger partial charge in [0.05, 0.1) is 0 Å². The number of hydrogen-bond donors (Lipinski definition) is 3. The third-order valence-electron chi connectivity index (χ3n) is 0.756. The van der Waals surface area contributed by atoms with Crippen LogP contribution in [0.2, 0.25) is 0 Å². The summed E-state index contributed by atoms with van der Waals surface area (Å²) >= 11 is 6.44. The van der Waals surface area contributed by atoms with Gasteiger partial charge in [-0.25, -0.2) is 0 Å². The molecule has 1 aromatic rings. The first-order valence-electron chi connectivity index (χ1n) is 2.33. The molecule has 0 aliphatic heterocycles. The van der Waals surface area contributed by atoms with Crippen LogP contribution >= 0.6 is 23.3 Å². The van der Waals surface area contributed by atoms with E-state index in [1.54, 1.807) is 24.3 Å². The van der Waals surface area contributed by atoms with E-state index in [1.165, 1.54) is 0 Å². The van der Waals surface area contributed by atoms with Gasteiger partial charge in [0.25, 0.3) is 0 Å². The van der Waals surface area contributed by atoms with E-state index in [0.29, 0.717) is 5.75 Å². The number of aromatic hydroxyl groups is 1. The second kappa shape index (κ2) is 5.85. The summed E-state index contributed by atoms with van der Waals surface area (Å²) in [4.78, 5) is 0. The van der Waals surface area contributed by atoms with E-state index in [9.17, 15) is 0 Å². The maximum atomic E-state index is 8.63. The predicted octanol–water partition coefficient (Wildman–Crippen LogP) is 2.15. The van der Waals surface area contributed by atoms with Crippen LogP contribution in [0.5, 0.6) is 5.75 Å². The van der Waals surface area contributed by atoms with Crippen molar-refractivity contribution in [2.45, 2.75) is 0 Å². The zero-order valence-corrected chi connectivity index (χ0v) is 6.52. The van der Waals surface area contributed by atoms with Crippen LogP contribution in [0.1, 0.15) is 0 Å². The van der Waals surface area contributed by atoms with Gasteiger partial charge in [0.1, 0.15) is 5.75 Å². The third kappa shape index (κ3) is 4.24. The number of phenols is 1. The van der Waals surface area contributed by atoms with Gasteiger partial charge in [-0.2, -0.15) is 0 Å². The summed E-state index contributed by atoms with van der Waals surface area (Å²) in [6.45, 7) is 0. The Balaban J connectivity index is 0.000000291. The van der Waals surface area contributed by atoms with Crippen molar-refractivity contribution in [2.75, 3.05) is 0 Å². The fourth-order valence-electron chi connectivity index (χ4n) is 0.428. The van der Waals surface area contributed by atoms with Crippen molar-refractivity contribution in [3.63, 3.8) is 0 Å². The summed E-state index contributed by atoms with van der Waals surface area (Å²) in [7, 11) is 0. The van der Waals surface area contributed by atoms with Crippen LogP contribution in [0.25, 0.3) is 0 Å². The Kier molecular flexibility index (Phi) is 5.67. The minimum atomic E-state index is 0.322. The Bertz CT molecular complexity index is 141. The number of para-hydroxylation sites is 1. The lowest BCUT2D eigenvalue weighted by molar-refractivity contribution is 0.475. The highest BCUT2D eigenvalue weighted by Gasteiger charge is 1.74. The van der Waals surface area contributed by atoms with E-state index in [1.807, 2.05) is 6.07 Å². The van der Waals surface area contributed by atoms with Crippen LogP contribution in [0.3, 0.4) is 0 Å². The number of phenolic OH excluding ortho intramolecular Hbond substituents is 1. The number of hydrogen-bond acceptors (Lipinski definition) is 3. The minimum Gasteiger partial charge on any atom is -0.508 e. The molecular formula is C6H8OS2. The predicted molar refractivity (Wildman–Crippen MR) is 46.1 cm³/mol. The van der Waals surface area contributed by atoms with Crippen molar-refractivity contribution in [2.24, 2.45) is 0 Å². The van der Waals surface area contributed by atoms with Gasteiger partial charge in [0.15, 0.2) is 0 Å². The smallest absolute Gasteiger partial charge is 0.115 e. The van der Waals surface area contributed by atoms with Crippen LogP contribution in [0, 0.1) is 0 Å². The monoisotopic (exact) mass is 160 g/mol. The van der Waals surface area contributed by atoms with E-state index < -0.39 is 0 Å². The molecule has 0 bridgehead atoms. The van der Waals surface area contributed by atoms with Crippen molar-refractivity contribution in [3.8, 4) is 5.75 Å². The summed E-state index contributed by atoms with van der Waals surface area (Å²) in [5, 5.41) is 8.63. The van der Waals surface area contributed by atoms with Crippen LogP contribution in [0.15, 0.2) is 30.3 Å². The van der Waals surface area contributed by atoms with E-state index in [-0.39, 0.29) is 0 Å². The summed E-state index contributed by atoms with van der Waals surface area (Å²) in [6, 6.07) is 8.71. The summed E-state index contributed by atoms with van der Waals surface area (Å²) in [6.07, 6.45) is 0. The number of benzene rings is 1. The first-order chi connectivity index (χ1) is 4.39. The molecule has 0 unspecified atom stereocenters. The molecule has 0 aliphatic carbocycles. The third-order valence-corrected chi connectivity index (χ3v) is 0.756. The Labute approximate surface area is 64.9 Å². The Morgan fingerprint density at radius 2 is 1.44 bits per heavy atom. The summed E-state index contributed by atoms with van der Waals surface area (Å²) in [5.41, 5.74) is 0. The van der Waals surface area contributed by atoms with Crippen LogP contribution in [-0.4, -0.2) is 5.11 Å². The largest absolute Gasteiger partial charge is 0.508 e. The highest BCUT2D eigenvalue weighted by molar-refractivity contribution is 8.59. The van der Waals surface area contributed by atoms with Crippen LogP contribution < -0.4 is 0 Å². The topological polar surface area (TPSA) is 20.2 Å². The van der Waals surface area contributed by atoms with Crippen LogP contribution in [-0.2, 0) is 0 Å². The van der Waals surface area contributed by atoms with E-state index in [4.69, 9.17) is 5.11 Å². The molecule has 0 aliphatic rings. The molecule has 3 heteroatoms. The van der Waals surface area contributed by atoms with Crippen molar-refractivity contribution in [1.29, 1.82) is 0 Å². The molecule has 0 atom stereocenters. The quantitative estimate of drug-likeness (QED) is 0.392. The van der Waals surface area contributed by atoms with Gasteiger partial charge in [0, 0.05) is 0 Å². The summed E-state index contributed by atoms with van der Waals surface area (Å²) in [5.74, 6) is 0.322. The fourth-order valence-corrected chi connectivity index (χ4v) is 0.428. The minimum absolute atomic E-state index is 0.322. The summed E-state index contributed by atoms with van der Waals surface area (Å²) < 4.78 is 0. The average molecular weight is 160 g/mol. The lowest BCUT2D eigenvalue weighted by Crippen LogP contribution is -1.56. The highest BCUT2D eigenvalue weighted by atomic mass is 33.1. The maximum absolute atomic E-state index is 8.63. The second-order valence-electron chi connectivity index (χ2n) is 1.34. The number of thiol groups is 2. The molecule has 0 heterocycles. The van der Waals surface area contributed by atoms with Crippen molar-refractivity contribution in [3.05, 3.63) is 30.3 Å². The molecule has 1 N–H and O–H groups in total. The van der Waals surface area contributed by atoms with E-state index in [0.717, 1.165) is 0 Å². The molecule has 1 nitrogen and oxygen atoms in total. The molecule has 1 rings (SSSR count). The molecule has 0 radical (unpaired) electrons. The zero-order valence-electron chi connectivity index (χ0n) is 4.73. The van der Waals surface area contributed by atoms with Gasteiger partial charge in [-0.15, -0.1) is 23.3 Å². The van der Waals surface area contributed by atoms with Crippen molar-refractivity contribution in [1.82, 2.24) is 0 Å². The first kappa shape index (κ1) is 8.72. The molecule has 0 aromatic heterocycles.